The lowest BCUT2D eigenvalue weighted by molar-refractivity contribution is 0.102. The number of benzene rings is 1. The van der Waals surface area contributed by atoms with Crippen molar-refractivity contribution in [2.75, 3.05) is 0 Å². The summed E-state index contributed by atoms with van der Waals surface area (Å²) in [6, 6.07) is 1.23. The fourth-order valence-electron chi connectivity index (χ4n) is 1.34. The largest absolute Gasteiger partial charge is 0.288 e. The summed E-state index contributed by atoms with van der Waals surface area (Å²) in [4.78, 5) is 11.6. The van der Waals surface area contributed by atoms with E-state index in [4.69, 9.17) is 0 Å². The predicted molar refractivity (Wildman–Crippen MR) is 54.0 cm³/mol. The normalized spacial score (nSPS) is 10.7. The van der Waals surface area contributed by atoms with E-state index in [1.54, 1.807) is 0 Å². The summed E-state index contributed by atoms with van der Waals surface area (Å²) in [5.74, 6) is -12.0. The average Bonchev–Trinajstić information content (AvgIpc) is 2.88. The Balaban J connectivity index is 2.69. The molecule has 0 saturated heterocycles. The minimum atomic E-state index is -2.29. The second-order valence-corrected chi connectivity index (χ2v) is 4.07. The molecule has 0 aliphatic heterocycles. The van der Waals surface area contributed by atoms with Crippen LogP contribution in [-0.4, -0.2) is 5.78 Å². The van der Waals surface area contributed by atoms with E-state index < -0.39 is 40.4 Å². The number of carbonyl (C=O) groups excluding carboxylic acids is 1. The Morgan fingerprint density at radius 3 is 1.83 bits per heavy atom. The maximum atomic E-state index is 13.3. The van der Waals surface area contributed by atoms with Crippen molar-refractivity contribution >= 4 is 17.1 Å². The summed E-state index contributed by atoms with van der Waals surface area (Å²) in [6.45, 7) is 0. The molecule has 0 aliphatic carbocycles. The number of halogens is 5. The highest BCUT2D eigenvalue weighted by Crippen LogP contribution is 2.25. The van der Waals surface area contributed by atoms with Crippen molar-refractivity contribution in [3.05, 3.63) is 57.0 Å². The molecule has 0 fully saturated rings. The molecule has 0 saturated carbocycles. The van der Waals surface area contributed by atoms with Crippen LogP contribution >= 0.6 is 11.3 Å². The van der Waals surface area contributed by atoms with Crippen LogP contribution in [0.4, 0.5) is 22.0 Å². The summed E-state index contributed by atoms with van der Waals surface area (Å²) in [7, 11) is 0. The number of rotatable bonds is 2. The Morgan fingerprint density at radius 2 is 1.39 bits per heavy atom. The molecule has 0 N–H and O–H groups in total. The summed E-state index contributed by atoms with van der Waals surface area (Å²) in [5.41, 5.74) is -1.58. The van der Waals surface area contributed by atoms with E-state index in [1.807, 2.05) is 0 Å². The molecule has 18 heavy (non-hydrogen) atoms. The zero-order chi connectivity index (χ0) is 13.4. The number of carbonyl (C=O) groups is 1. The van der Waals surface area contributed by atoms with E-state index in [9.17, 15) is 26.7 Å². The van der Waals surface area contributed by atoms with E-state index in [0.29, 0.717) is 0 Å². The summed E-state index contributed by atoms with van der Waals surface area (Å²) in [6.07, 6.45) is 0. The standard InChI is InChI=1S/C11H3F5OS/c12-6-5(11(17)4-1-2-18-3-4)7(13)9(15)10(16)8(6)14/h1-3H. The van der Waals surface area contributed by atoms with Crippen LogP contribution in [0.2, 0.25) is 0 Å². The van der Waals surface area contributed by atoms with Gasteiger partial charge in [0.25, 0.3) is 0 Å². The molecule has 0 bridgehead atoms. The van der Waals surface area contributed by atoms with Gasteiger partial charge in [-0.3, -0.25) is 4.79 Å². The van der Waals surface area contributed by atoms with Gasteiger partial charge in [-0.25, -0.2) is 22.0 Å². The third-order valence-corrected chi connectivity index (χ3v) is 2.90. The predicted octanol–water partition coefficient (Wildman–Crippen LogP) is 3.67. The Morgan fingerprint density at radius 1 is 0.889 bits per heavy atom. The molecule has 0 aliphatic rings. The number of ketones is 1. The lowest BCUT2D eigenvalue weighted by Crippen LogP contribution is -2.13. The number of thiophene rings is 1. The van der Waals surface area contributed by atoms with Gasteiger partial charge in [0.15, 0.2) is 29.1 Å². The van der Waals surface area contributed by atoms with Gasteiger partial charge in [0, 0.05) is 10.9 Å². The zero-order valence-electron chi connectivity index (χ0n) is 8.44. The summed E-state index contributed by atoms with van der Waals surface area (Å²) >= 11 is 1.06. The van der Waals surface area contributed by atoms with Crippen LogP contribution < -0.4 is 0 Å². The Kier molecular flexibility index (Phi) is 3.16. The van der Waals surface area contributed by atoms with E-state index in [1.165, 1.54) is 16.8 Å². The van der Waals surface area contributed by atoms with Crippen molar-refractivity contribution in [1.82, 2.24) is 0 Å². The Hall–Kier alpha value is -1.76. The van der Waals surface area contributed by atoms with Crippen LogP contribution in [0.3, 0.4) is 0 Å². The van der Waals surface area contributed by atoms with Gasteiger partial charge in [-0.1, -0.05) is 0 Å². The van der Waals surface area contributed by atoms with Crippen LogP contribution in [0.5, 0.6) is 0 Å². The molecular weight excluding hydrogens is 275 g/mol. The first-order valence-corrected chi connectivity index (χ1v) is 5.47. The highest BCUT2D eigenvalue weighted by atomic mass is 32.1. The van der Waals surface area contributed by atoms with Gasteiger partial charge in [-0.05, 0) is 11.4 Å². The van der Waals surface area contributed by atoms with Crippen molar-refractivity contribution in [2.24, 2.45) is 0 Å². The fourth-order valence-corrected chi connectivity index (χ4v) is 1.98. The third-order valence-electron chi connectivity index (χ3n) is 2.22. The van der Waals surface area contributed by atoms with Crippen LogP contribution in [0.25, 0.3) is 0 Å². The molecule has 1 heterocycles. The van der Waals surface area contributed by atoms with Crippen molar-refractivity contribution in [1.29, 1.82) is 0 Å². The van der Waals surface area contributed by atoms with Gasteiger partial charge in [0.05, 0.1) is 0 Å². The molecule has 1 aromatic heterocycles. The van der Waals surface area contributed by atoms with Crippen molar-refractivity contribution in [3.63, 3.8) is 0 Å². The molecule has 0 spiro atoms. The minimum absolute atomic E-state index is 0.136. The molecule has 1 aromatic carbocycles. The maximum absolute atomic E-state index is 13.3. The van der Waals surface area contributed by atoms with Gasteiger partial charge >= 0.3 is 0 Å². The molecule has 1 nitrogen and oxygen atoms in total. The van der Waals surface area contributed by atoms with Crippen LogP contribution in [0, 0.1) is 29.1 Å². The highest BCUT2D eigenvalue weighted by molar-refractivity contribution is 7.08. The van der Waals surface area contributed by atoms with Gasteiger partial charge < -0.3 is 0 Å². The van der Waals surface area contributed by atoms with Crippen molar-refractivity contribution in [2.45, 2.75) is 0 Å². The molecule has 0 radical (unpaired) electrons. The quantitative estimate of drug-likeness (QED) is 0.354. The average molecular weight is 278 g/mol. The van der Waals surface area contributed by atoms with Gasteiger partial charge in [-0.2, -0.15) is 11.3 Å². The molecule has 7 heteroatoms. The van der Waals surface area contributed by atoms with Gasteiger partial charge in [-0.15, -0.1) is 0 Å². The molecule has 2 rings (SSSR count). The van der Waals surface area contributed by atoms with E-state index >= 15 is 0 Å². The lowest BCUT2D eigenvalue weighted by atomic mass is 10.0. The van der Waals surface area contributed by atoms with Gasteiger partial charge in [0.2, 0.25) is 5.82 Å². The maximum Gasteiger partial charge on any atom is 0.200 e. The second-order valence-electron chi connectivity index (χ2n) is 3.29. The highest BCUT2D eigenvalue weighted by Gasteiger charge is 2.30. The zero-order valence-corrected chi connectivity index (χ0v) is 9.25. The number of hydrogen-bond acceptors (Lipinski definition) is 2. The van der Waals surface area contributed by atoms with Crippen LogP contribution in [0.1, 0.15) is 15.9 Å². The van der Waals surface area contributed by atoms with Crippen LogP contribution in [-0.2, 0) is 0 Å². The van der Waals surface area contributed by atoms with Crippen LogP contribution in [0.15, 0.2) is 16.8 Å². The first kappa shape index (κ1) is 12.7. The molecular formula is C11H3F5OS. The molecule has 2 aromatic rings. The fraction of sp³-hybridized carbons (Fsp3) is 0. The molecule has 0 amide bonds. The monoisotopic (exact) mass is 278 g/mol. The molecule has 0 unspecified atom stereocenters. The van der Waals surface area contributed by atoms with Crippen molar-refractivity contribution in [3.8, 4) is 0 Å². The Bertz CT molecular complexity index is 592. The van der Waals surface area contributed by atoms with E-state index in [2.05, 4.69) is 0 Å². The smallest absolute Gasteiger partial charge is 0.200 e. The first-order valence-electron chi connectivity index (χ1n) is 4.53. The third kappa shape index (κ3) is 1.80. The molecule has 0 atom stereocenters. The van der Waals surface area contributed by atoms with Crippen molar-refractivity contribution < 1.29 is 26.7 Å². The second kappa shape index (κ2) is 4.49. The SMILES string of the molecule is O=C(c1ccsc1)c1c(F)c(F)c(F)c(F)c1F. The van der Waals surface area contributed by atoms with Gasteiger partial charge in [0.1, 0.15) is 5.56 Å². The lowest BCUT2D eigenvalue weighted by Gasteiger charge is -2.06. The minimum Gasteiger partial charge on any atom is -0.288 e. The summed E-state index contributed by atoms with van der Waals surface area (Å²) < 4.78 is 65.2. The Labute approximate surface area is 101 Å². The van der Waals surface area contributed by atoms with E-state index in [0.717, 1.165) is 11.3 Å². The number of hydrogen-bond donors (Lipinski definition) is 0. The summed E-state index contributed by atoms with van der Waals surface area (Å²) in [5, 5.41) is 2.69. The molecule has 94 valence electrons. The topological polar surface area (TPSA) is 17.1 Å². The first-order chi connectivity index (χ1) is 8.45. The van der Waals surface area contributed by atoms with E-state index in [-0.39, 0.29) is 5.56 Å².